The molecule has 0 nitrogen and oxygen atoms in total. The molecule has 4 fully saturated rings. The molecule has 0 amide bonds. The van der Waals surface area contributed by atoms with E-state index in [4.69, 9.17) is 0 Å². The molecule has 174 valence electrons. The molecule has 0 aromatic rings. The highest BCUT2D eigenvalue weighted by molar-refractivity contribution is 8.02. The van der Waals surface area contributed by atoms with E-state index in [9.17, 15) is 0 Å². The second-order valence-electron chi connectivity index (χ2n) is 11.6. The van der Waals surface area contributed by atoms with Crippen molar-refractivity contribution in [3.8, 4) is 0 Å². The maximum absolute atomic E-state index is 2.47. The van der Waals surface area contributed by atoms with E-state index in [-0.39, 0.29) is 0 Å². The smallest absolute Gasteiger partial charge is 0.00709 e. The quantitative estimate of drug-likeness (QED) is 0.381. The van der Waals surface area contributed by atoms with Crippen LogP contribution < -0.4 is 0 Å². The molecule has 0 atom stereocenters. The molecule has 0 heterocycles. The van der Waals surface area contributed by atoms with E-state index in [0.29, 0.717) is 0 Å². The van der Waals surface area contributed by atoms with Gasteiger partial charge in [-0.1, -0.05) is 20.8 Å². The van der Waals surface area contributed by atoms with Crippen molar-refractivity contribution in [2.75, 3.05) is 0 Å². The number of hydrogen-bond acceptors (Lipinski definition) is 3. The summed E-state index contributed by atoms with van der Waals surface area (Å²) < 4.78 is 0. The lowest BCUT2D eigenvalue weighted by Gasteiger charge is -2.40. The Labute approximate surface area is 201 Å². The summed E-state index contributed by atoms with van der Waals surface area (Å²) >= 11 is 7.35. The fraction of sp³-hybridized carbons (Fsp3) is 1.00. The molecule has 4 saturated carbocycles. The van der Waals surface area contributed by atoms with Crippen LogP contribution in [0.15, 0.2) is 0 Å². The second kappa shape index (κ2) is 12.0. The molecule has 0 N–H and O–H groups in total. The maximum Gasteiger partial charge on any atom is 0.00709 e. The molecule has 0 aromatic carbocycles. The first-order valence-corrected chi connectivity index (χ1v) is 16.3. The van der Waals surface area contributed by atoms with Crippen LogP contribution in [0.25, 0.3) is 0 Å². The Morgan fingerprint density at radius 3 is 0.800 bits per heavy atom. The molecular formula is C27H48S3. The first-order valence-electron chi connectivity index (χ1n) is 13.5. The molecule has 4 aliphatic rings. The maximum atomic E-state index is 2.47. The minimum atomic E-state index is 0.956. The number of hydrogen-bond donors (Lipinski definition) is 0. The first-order chi connectivity index (χ1) is 14.5. The van der Waals surface area contributed by atoms with E-state index < -0.39 is 0 Å². The van der Waals surface area contributed by atoms with E-state index in [1.165, 1.54) is 96.3 Å². The van der Waals surface area contributed by atoms with Crippen LogP contribution in [0.2, 0.25) is 0 Å². The zero-order chi connectivity index (χ0) is 20.9. The molecule has 30 heavy (non-hydrogen) atoms. The molecule has 0 aliphatic heterocycles. The highest BCUT2D eigenvalue weighted by Crippen LogP contribution is 2.48. The fourth-order valence-electron chi connectivity index (χ4n) is 6.41. The predicted octanol–water partition coefficient (Wildman–Crippen LogP) is 9.21. The van der Waals surface area contributed by atoms with Gasteiger partial charge in [-0.15, -0.1) is 0 Å². The van der Waals surface area contributed by atoms with Gasteiger partial charge in [-0.25, -0.2) is 0 Å². The molecule has 4 rings (SSSR count). The molecule has 0 saturated heterocycles. The Morgan fingerprint density at radius 2 is 0.567 bits per heavy atom. The Hall–Kier alpha value is 1.05. The molecule has 0 spiro atoms. The van der Waals surface area contributed by atoms with Crippen LogP contribution in [0.4, 0.5) is 0 Å². The molecule has 0 aromatic heterocycles. The van der Waals surface area contributed by atoms with Crippen LogP contribution >= 0.6 is 35.3 Å². The summed E-state index contributed by atoms with van der Waals surface area (Å²) in [4.78, 5) is 0. The lowest BCUT2D eigenvalue weighted by molar-refractivity contribution is 0.388. The summed E-state index contributed by atoms with van der Waals surface area (Å²) in [6.07, 6.45) is 22.5. The average Bonchev–Trinajstić information content (AvgIpc) is 2.73. The van der Waals surface area contributed by atoms with Crippen LogP contribution in [0.1, 0.15) is 117 Å². The van der Waals surface area contributed by atoms with E-state index >= 15 is 0 Å². The third-order valence-electron chi connectivity index (χ3n) is 8.62. The normalized spacial score (nSPS) is 45.9. The van der Waals surface area contributed by atoms with Crippen molar-refractivity contribution in [3.63, 3.8) is 0 Å². The average molecular weight is 469 g/mol. The van der Waals surface area contributed by atoms with Gasteiger partial charge in [0.2, 0.25) is 0 Å². The highest BCUT2D eigenvalue weighted by atomic mass is 32.2. The van der Waals surface area contributed by atoms with E-state index in [0.717, 1.165) is 49.3 Å². The van der Waals surface area contributed by atoms with E-state index in [1.807, 2.05) is 0 Å². The third-order valence-corrected chi connectivity index (χ3v) is 13.5. The zero-order valence-electron chi connectivity index (χ0n) is 20.0. The Morgan fingerprint density at radius 1 is 0.333 bits per heavy atom. The van der Waals surface area contributed by atoms with Crippen LogP contribution in [0.5, 0.6) is 0 Å². The van der Waals surface area contributed by atoms with Crippen LogP contribution in [0.3, 0.4) is 0 Å². The summed E-state index contributed by atoms with van der Waals surface area (Å²) in [5.41, 5.74) is 0. The Balaban J connectivity index is 1.32. The van der Waals surface area contributed by atoms with Crippen molar-refractivity contribution in [1.29, 1.82) is 0 Å². The Bertz CT molecular complexity index is 407. The van der Waals surface area contributed by atoms with Crippen molar-refractivity contribution in [3.05, 3.63) is 0 Å². The minimum absolute atomic E-state index is 0.956. The molecule has 3 heteroatoms. The van der Waals surface area contributed by atoms with Crippen molar-refractivity contribution in [2.45, 2.75) is 149 Å². The van der Waals surface area contributed by atoms with E-state index in [2.05, 4.69) is 56.1 Å². The summed E-state index contributed by atoms with van der Waals surface area (Å²) in [5.74, 6) is 2.96. The monoisotopic (exact) mass is 468 g/mol. The van der Waals surface area contributed by atoms with Gasteiger partial charge >= 0.3 is 0 Å². The molecule has 4 aliphatic carbocycles. The van der Waals surface area contributed by atoms with Gasteiger partial charge in [0.1, 0.15) is 0 Å². The lowest BCUT2D eigenvalue weighted by atomic mass is 9.90. The van der Waals surface area contributed by atoms with Gasteiger partial charge in [0, 0.05) is 31.5 Å². The third kappa shape index (κ3) is 7.54. The van der Waals surface area contributed by atoms with Crippen molar-refractivity contribution in [1.82, 2.24) is 0 Å². The summed E-state index contributed by atoms with van der Waals surface area (Å²) in [6, 6.07) is 0. The van der Waals surface area contributed by atoms with Crippen LogP contribution in [-0.4, -0.2) is 31.5 Å². The van der Waals surface area contributed by atoms with Gasteiger partial charge in [-0.2, -0.15) is 35.3 Å². The summed E-state index contributed by atoms with van der Waals surface area (Å²) in [5, 5.41) is 5.80. The van der Waals surface area contributed by atoms with Crippen molar-refractivity contribution < 1.29 is 0 Å². The summed E-state index contributed by atoms with van der Waals surface area (Å²) in [6.45, 7) is 7.41. The molecule has 0 radical (unpaired) electrons. The first kappa shape index (κ1) is 24.2. The van der Waals surface area contributed by atoms with Gasteiger partial charge < -0.3 is 0 Å². The van der Waals surface area contributed by atoms with Gasteiger partial charge in [0.25, 0.3) is 0 Å². The zero-order valence-corrected chi connectivity index (χ0v) is 22.5. The van der Waals surface area contributed by atoms with Gasteiger partial charge in [-0.05, 0) is 114 Å². The van der Waals surface area contributed by atoms with Crippen molar-refractivity contribution in [2.24, 2.45) is 17.8 Å². The SMILES string of the molecule is CC1CCC(SC2CC(SC3CCC(C)CC3)CC(SC3CCC(C)CC3)C2)CC1. The van der Waals surface area contributed by atoms with E-state index in [1.54, 1.807) is 0 Å². The van der Waals surface area contributed by atoms with Gasteiger partial charge in [-0.3, -0.25) is 0 Å². The molecule has 0 unspecified atom stereocenters. The predicted molar refractivity (Wildman–Crippen MR) is 142 cm³/mol. The number of thioether (sulfide) groups is 3. The largest absolute Gasteiger partial charge is 0.155 e. The van der Waals surface area contributed by atoms with Crippen LogP contribution in [-0.2, 0) is 0 Å². The molecule has 0 bridgehead atoms. The summed E-state index contributed by atoms with van der Waals surface area (Å²) in [7, 11) is 0. The number of rotatable bonds is 6. The van der Waals surface area contributed by atoms with Crippen LogP contribution in [0, 0.1) is 17.8 Å². The minimum Gasteiger partial charge on any atom is -0.155 e. The standard InChI is InChI=1S/C27H48S3/c1-19-4-10-22(11-5-19)28-25-16-26(29-23-12-6-20(2)7-13-23)18-27(17-25)30-24-14-8-21(3)9-15-24/h19-27H,4-18H2,1-3H3. The molecular weight excluding hydrogens is 420 g/mol. The van der Waals surface area contributed by atoms with Gasteiger partial charge in [0.05, 0.1) is 0 Å². The lowest BCUT2D eigenvalue weighted by Crippen LogP contribution is -2.33. The van der Waals surface area contributed by atoms with Gasteiger partial charge in [0.15, 0.2) is 0 Å². The van der Waals surface area contributed by atoms with Crippen molar-refractivity contribution >= 4 is 35.3 Å². The second-order valence-corrected chi connectivity index (χ2v) is 16.4. The fourth-order valence-corrected chi connectivity index (χ4v) is 12.1. The highest BCUT2D eigenvalue weighted by Gasteiger charge is 2.35. The Kier molecular flexibility index (Phi) is 9.64. The topological polar surface area (TPSA) is 0 Å².